The van der Waals surface area contributed by atoms with E-state index in [-0.39, 0.29) is 5.92 Å². The molecule has 224 valence electrons. The Morgan fingerprint density at radius 2 is 1.22 bits per heavy atom. The fourth-order valence-corrected chi connectivity index (χ4v) is 6.90. The van der Waals surface area contributed by atoms with E-state index in [0.717, 1.165) is 12.8 Å². The van der Waals surface area contributed by atoms with Crippen LogP contribution in [0.5, 0.6) is 0 Å². The number of phosphoric acid groups is 1. The lowest BCUT2D eigenvalue weighted by atomic mass is 10.0. The zero-order valence-corrected chi connectivity index (χ0v) is 26.5. The standard InChI is InChI=1S/C28H60NO6PS/c1-6-7-8-9-10-11-12-13-14-15-16-17-18-19-20-21-22-37(33)26-27(25-34-5)23-28(24-29(2,3)4)35-36(30,31)32/h27-28H,6-26H2,1-5H3,(H-,30,31,32)/p+1. The lowest BCUT2D eigenvalue weighted by Crippen LogP contribution is -2.43. The summed E-state index contributed by atoms with van der Waals surface area (Å²) in [6.07, 6.45) is 20.9. The number of quaternary nitrogens is 1. The van der Waals surface area contributed by atoms with E-state index in [4.69, 9.17) is 9.26 Å². The molecule has 0 aromatic heterocycles. The second kappa shape index (κ2) is 22.9. The molecule has 0 aromatic carbocycles. The summed E-state index contributed by atoms with van der Waals surface area (Å²) in [4.78, 5) is 18.6. The number of nitrogens with zero attached hydrogens (tertiary/aromatic N) is 1. The van der Waals surface area contributed by atoms with Crippen LogP contribution in [0.4, 0.5) is 0 Å². The summed E-state index contributed by atoms with van der Waals surface area (Å²) in [5.74, 6) is 1.10. The van der Waals surface area contributed by atoms with Gasteiger partial charge in [-0.2, -0.15) is 0 Å². The predicted molar refractivity (Wildman–Crippen MR) is 157 cm³/mol. The van der Waals surface area contributed by atoms with Crippen molar-refractivity contribution < 1.29 is 32.3 Å². The van der Waals surface area contributed by atoms with Crippen LogP contribution in [-0.2, 0) is 24.6 Å². The maximum absolute atomic E-state index is 12.7. The number of rotatable bonds is 27. The molecule has 9 heteroatoms. The summed E-state index contributed by atoms with van der Waals surface area (Å²) < 4.78 is 35.0. The highest BCUT2D eigenvalue weighted by molar-refractivity contribution is 7.84. The van der Waals surface area contributed by atoms with E-state index in [2.05, 4.69) is 6.92 Å². The third-order valence-corrected chi connectivity index (χ3v) is 8.84. The monoisotopic (exact) mass is 570 g/mol. The smallest absolute Gasteiger partial charge is 0.384 e. The first-order chi connectivity index (χ1) is 17.5. The van der Waals surface area contributed by atoms with Crippen LogP contribution in [0.1, 0.15) is 116 Å². The van der Waals surface area contributed by atoms with Gasteiger partial charge in [-0.1, -0.05) is 103 Å². The molecule has 2 N–H and O–H groups in total. The number of ether oxygens (including phenoxy) is 1. The first-order valence-corrected chi connectivity index (χ1v) is 17.9. The van der Waals surface area contributed by atoms with E-state index >= 15 is 0 Å². The molecular weight excluding hydrogens is 509 g/mol. The SMILES string of the molecule is CCCCCCCCCCCCCCCCCCS(=O)CC(COC)CC(C[N+](C)(C)C)OP(=O)(O)O. The molecule has 3 unspecified atom stereocenters. The first-order valence-electron chi connectivity index (χ1n) is 14.8. The van der Waals surface area contributed by atoms with Gasteiger partial charge in [-0.3, -0.25) is 8.73 Å². The minimum Gasteiger partial charge on any atom is -0.384 e. The third-order valence-electron chi connectivity index (χ3n) is 6.68. The molecule has 0 bridgehead atoms. The highest BCUT2D eigenvalue weighted by atomic mass is 32.2. The second-order valence-corrected chi connectivity index (χ2v) is 14.7. The predicted octanol–water partition coefficient (Wildman–Crippen LogP) is 6.83. The molecular formula is C28H61NO6PS+. The fourth-order valence-electron chi connectivity index (χ4n) is 4.91. The van der Waals surface area contributed by atoms with Crippen molar-refractivity contribution in [1.82, 2.24) is 0 Å². The van der Waals surface area contributed by atoms with E-state index in [1.54, 1.807) is 7.11 Å². The molecule has 0 radical (unpaired) electrons. The van der Waals surface area contributed by atoms with Crippen LogP contribution in [-0.4, -0.2) is 77.5 Å². The van der Waals surface area contributed by atoms with Crippen LogP contribution < -0.4 is 0 Å². The van der Waals surface area contributed by atoms with Gasteiger partial charge < -0.3 is 19.0 Å². The number of likely N-dealkylation sites (N-methyl/N-ethyl adjacent to an activating group) is 1. The number of unbranched alkanes of at least 4 members (excludes halogenated alkanes) is 15. The van der Waals surface area contributed by atoms with E-state index in [0.29, 0.717) is 35.6 Å². The van der Waals surface area contributed by atoms with Gasteiger partial charge in [0.2, 0.25) is 0 Å². The summed E-state index contributed by atoms with van der Waals surface area (Å²) >= 11 is 0. The number of hydrogen-bond acceptors (Lipinski definition) is 4. The Morgan fingerprint density at radius 1 is 0.784 bits per heavy atom. The Labute approximate surface area is 231 Å². The van der Waals surface area contributed by atoms with Gasteiger partial charge in [0.1, 0.15) is 12.6 Å². The van der Waals surface area contributed by atoms with Crippen molar-refractivity contribution in [2.75, 3.05) is 52.9 Å². The molecule has 0 saturated carbocycles. The van der Waals surface area contributed by atoms with Gasteiger partial charge in [0.25, 0.3) is 0 Å². The normalized spacial score (nSPS) is 15.1. The highest BCUT2D eigenvalue weighted by Crippen LogP contribution is 2.39. The van der Waals surface area contributed by atoms with E-state index in [1.165, 1.54) is 89.9 Å². The molecule has 7 nitrogen and oxygen atoms in total. The van der Waals surface area contributed by atoms with Crippen molar-refractivity contribution in [1.29, 1.82) is 0 Å². The number of methoxy groups -OCH3 is 1. The van der Waals surface area contributed by atoms with Crippen LogP contribution in [0, 0.1) is 5.92 Å². The van der Waals surface area contributed by atoms with Crippen LogP contribution in [0.15, 0.2) is 0 Å². The van der Waals surface area contributed by atoms with Gasteiger partial charge in [-0.05, 0) is 18.8 Å². The molecule has 0 rings (SSSR count). The minimum absolute atomic E-state index is 0.0602. The van der Waals surface area contributed by atoms with Crippen molar-refractivity contribution >= 4 is 18.6 Å². The first kappa shape index (κ1) is 37.2. The van der Waals surface area contributed by atoms with Crippen LogP contribution in [0.3, 0.4) is 0 Å². The maximum Gasteiger partial charge on any atom is 0.470 e. The van der Waals surface area contributed by atoms with Gasteiger partial charge in [-0.25, -0.2) is 4.57 Å². The Kier molecular flexibility index (Phi) is 23.1. The molecule has 0 spiro atoms. The molecule has 3 atom stereocenters. The zero-order valence-electron chi connectivity index (χ0n) is 24.8. The lowest BCUT2D eigenvalue weighted by Gasteiger charge is -2.31. The van der Waals surface area contributed by atoms with Gasteiger partial charge in [0.05, 0.1) is 21.1 Å². The van der Waals surface area contributed by atoms with Crippen LogP contribution in [0.2, 0.25) is 0 Å². The zero-order chi connectivity index (χ0) is 28.0. The molecule has 0 aliphatic heterocycles. The number of hydrogen-bond donors (Lipinski definition) is 2. The molecule has 0 aliphatic carbocycles. The second-order valence-electron chi connectivity index (χ2n) is 11.9. The minimum atomic E-state index is -4.59. The van der Waals surface area contributed by atoms with E-state index < -0.39 is 24.7 Å². The molecule has 0 amide bonds. The van der Waals surface area contributed by atoms with Crippen LogP contribution in [0.25, 0.3) is 0 Å². The van der Waals surface area contributed by atoms with Gasteiger partial charge in [-0.15, -0.1) is 0 Å². The van der Waals surface area contributed by atoms with Gasteiger partial charge in [0.15, 0.2) is 0 Å². The summed E-state index contributed by atoms with van der Waals surface area (Å²) in [5, 5.41) is 0. The largest absolute Gasteiger partial charge is 0.470 e. The average molecular weight is 571 g/mol. The molecule has 0 aliphatic rings. The van der Waals surface area contributed by atoms with Crippen molar-refractivity contribution in [2.24, 2.45) is 5.92 Å². The molecule has 0 fully saturated rings. The van der Waals surface area contributed by atoms with Crippen LogP contribution >= 0.6 is 7.82 Å². The van der Waals surface area contributed by atoms with Crippen molar-refractivity contribution in [3.8, 4) is 0 Å². The Morgan fingerprint density at radius 3 is 1.59 bits per heavy atom. The Bertz CT molecular complexity index is 596. The summed E-state index contributed by atoms with van der Waals surface area (Å²) in [5.41, 5.74) is 0. The summed E-state index contributed by atoms with van der Waals surface area (Å²) in [7, 11) is 1.91. The van der Waals surface area contributed by atoms with Gasteiger partial charge >= 0.3 is 7.82 Å². The third kappa shape index (κ3) is 27.5. The molecule has 37 heavy (non-hydrogen) atoms. The summed E-state index contributed by atoms with van der Waals surface area (Å²) in [6.45, 7) is 3.13. The van der Waals surface area contributed by atoms with Crippen molar-refractivity contribution in [2.45, 2.75) is 122 Å². The average Bonchev–Trinajstić information content (AvgIpc) is 2.76. The van der Waals surface area contributed by atoms with Crippen molar-refractivity contribution in [3.05, 3.63) is 0 Å². The quantitative estimate of drug-likeness (QED) is 0.0639. The number of phosphoric ester groups is 1. The van der Waals surface area contributed by atoms with E-state index in [9.17, 15) is 18.6 Å². The summed E-state index contributed by atoms with van der Waals surface area (Å²) in [6, 6.07) is 0. The topological polar surface area (TPSA) is 93.1 Å². The van der Waals surface area contributed by atoms with E-state index in [1.807, 2.05) is 21.1 Å². The molecule has 0 saturated heterocycles. The van der Waals surface area contributed by atoms with Gasteiger partial charge in [0, 0.05) is 36.0 Å². The molecule has 0 aromatic rings. The molecule has 0 heterocycles. The highest BCUT2D eigenvalue weighted by Gasteiger charge is 2.30. The lowest BCUT2D eigenvalue weighted by molar-refractivity contribution is -0.873. The fraction of sp³-hybridized carbons (Fsp3) is 1.00. The Balaban J connectivity index is 3.95. The maximum atomic E-state index is 12.7. The Hall–Kier alpha value is 0.180. The van der Waals surface area contributed by atoms with Crippen molar-refractivity contribution in [3.63, 3.8) is 0 Å².